The smallest absolute Gasteiger partial charge is 0.251 e. The first-order valence-electron chi connectivity index (χ1n) is 9.40. The van der Waals surface area contributed by atoms with Gasteiger partial charge in [-0.3, -0.25) is 14.6 Å². The van der Waals surface area contributed by atoms with Crippen LogP contribution in [-0.2, 0) is 11.3 Å². The normalized spacial score (nSPS) is 10.5. The van der Waals surface area contributed by atoms with Crippen LogP contribution in [0.5, 0.6) is 11.5 Å². The van der Waals surface area contributed by atoms with Gasteiger partial charge in [-0.2, -0.15) is 0 Å². The number of nitrogens with zero attached hydrogens (tertiary/aromatic N) is 1. The second-order valence-corrected chi connectivity index (χ2v) is 6.20. The van der Waals surface area contributed by atoms with E-state index in [9.17, 15) is 9.59 Å². The highest BCUT2D eigenvalue weighted by atomic mass is 127. The molecule has 9 nitrogen and oxygen atoms in total. The largest absolute Gasteiger partial charge is 0.493 e. The molecule has 0 radical (unpaired) electrons. The summed E-state index contributed by atoms with van der Waals surface area (Å²) in [5, 5.41) is 8.85. The maximum Gasteiger partial charge on any atom is 0.251 e. The number of carbonyl (C=O) groups is 2. The standard InChI is InChI=1S/C21H27N5O4.HI/c1-4-30-17-10-9-16(11-18(17)29-3)26-21(23-2)25-12-14-5-7-15(8-6-14)20(28)24-13-19(22)27;/h5-11H,4,12-13H2,1-3H3,(H2,22,27)(H,24,28)(H2,23,25,26);1H. The molecule has 0 aliphatic heterocycles. The van der Waals surface area contributed by atoms with Crippen molar-refractivity contribution < 1.29 is 19.1 Å². The van der Waals surface area contributed by atoms with Crippen molar-refractivity contribution >= 4 is 47.4 Å². The molecule has 0 saturated carbocycles. The Labute approximate surface area is 198 Å². The van der Waals surface area contributed by atoms with Crippen molar-refractivity contribution in [3.8, 4) is 11.5 Å². The number of nitrogens with two attached hydrogens (primary N) is 1. The summed E-state index contributed by atoms with van der Waals surface area (Å²) < 4.78 is 10.9. The minimum absolute atomic E-state index is 0. The van der Waals surface area contributed by atoms with Gasteiger partial charge in [-0.15, -0.1) is 24.0 Å². The first-order chi connectivity index (χ1) is 14.5. The number of hydrogen-bond acceptors (Lipinski definition) is 5. The molecular weight excluding hydrogens is 513 g/mol. The van der Waals surface area contributed by atoms with E-state index in [-0.39, 0.29) is 36.4 Å². The fourth-order valence-electron chi connectivity index (χ4n) is 2.57. The van der Waals surface area contributed by atoms with Gasteiger partial charge in [0.25, 0.3) is 5.91 Å². The van der Waals surface area contributed by atoms with E-state index in [0.717, 1.165) is 11.3 Å². The van der Waals surface area contributed by atoms with Crippen LogP contribution in [-0.4, -0.2) is 45.1 Å². The highest BCUT2D eigenvalue weighted by Crippen LogP contribution is 2.30. The van der Waals surface area contributed by atoms with Crippen molar-refractivity contribution in [1.29, 1.82) is 0 Å². The molecule has 0 unspecified atom stereocenters. The molecule has 0 atom stereocenters. The fraction of sp³-hybridized carbons (Fsp3) is 0.286. The van der Waals surface area contributed by atoms with Gasteiger partial charge in [-0.1, -0.05) is 12.1 Å². The summed E-state index contributed by atoms with van der Waals surface area (Å²) in [5.41, 5.74) is 7.22. The monoisotopic (exact) mass is 541 g/mol. The van der Waals surface area contributed by atoms with E-state index >= 15 is 0 Å². The van der Waals surface area contributed by atoms with Gasteiger partial charge in [0.15, 0.2) is 17.5 Å². The summed E-state index contributed by atoms with van der Waals surface area (Å²) >= 11 is 0. The maximum atomic E-state index is 11.9. The molecule has 0 aliphatic carbocycles. The zero-order valence-corrected chi connectivity index (χ0v) is 20.1. The molecule has 0 fully saturated rings. The third kappa shape index (κ3) is 8.32. The molecule has 10 heteroatoms. The van der Waals surface area contributed by atoms with Crippen LogP contribution in [0.3, 0.4) is 0 Å². The lowest BCUT2D eigenvalue weighted by molar-refractivity contribution is -0.117. The number of nitrogens with one attached hydrogen (secondary N) is 3. The fourth-order valence-corrected chi connectivity index (χ4v) is 2.57. The number of methoxy groups -OCH3 is 1. The number of rotatable bonds is 9. The summed E-state index contributed by atoms with van der Waals surface area (Å²) in [5.74, 6) is 0.934. The third-order valence-electron chi connectivity index (χ3n) is 4.05. The number of aliphatic imine (C=N–C) groups is 1. The third-order valence-corrected chi connectivity index (χ3v) is 4.05. The lowest BCUT2D eigenvalue weighted by Crippen LogP contribution is -2.33. The van der Waals surface area contributed by atoms with Crippen molar-refractivity contribution in [1.82, 2.24) is 10.6 Å². The van der Waals surface area contributed by atoms with Crippen molar-refractivity contribution in [2.75, 3.05) is 32.6 Å². The summed E-state index contributed by atoms with van der Waals surface area (Å²) in [7, 11) is 3.26. The van der Waals surface area contributed by atoms with Crippen LogP contribution in [0.4, 0.5) is 5.69 Å². The summed E-state index contributed by atoms with van der Waals surface area (Å²) in [6.07, 6.45) is 0. The average Bonchev–Trinajstić information content (AvgIpc) is 2.76. The number of amides is 2. The molecule has 2 rings (SSSR count). The first kappa shape index (κ1) is 26.0. The van der Waals surface area contributed by atoms with Crippen LogP contribution in [0, 0.1) is 0 Å². The molecule has 0 spiro atoms. The topological polar surface area (TPSA) is 127 Å². The molecule has 31 heavy (non-hydrogen) atoms. The predicted molar refractivity (Wildman–Crippen MR) is 131 cm³/mol. The molecule has 2 aromatic rings. The van der Waals surface area contributed by atoms with Gasteiger partial charge in [0.2, 0.25) is 5.91 Å². The van der Waals surface area contributed by atoms with Gasteiger partial charge >= 0.3 is 0 Å². The molecule has 0 saturated heterocycles. The molecule has 2 amide bonds. The number of ether oxygens (including phenoxy) is 2. The van der Waals surface area contributed by atoms with Crippen LogP contribution in [0.2, 0.25) is 0 Å². The van der Waals surface area contributed by atoms with Crippen LogP contribution in [0.25, 0.3) is 0 Å². The van der Waals surface area contributed by atoms with Crippen LogP contribution < -0.4 is 31.2 Å². The molecule has 0 aromatic heterocycles. The lowest BCUT2D eigenvalue weighted by Gasteiger charge is -2.15. The van der Waals surface area contributed by atoms with E-state index in [1.54, 1.807) is 26.3 Å². The van der Waals surface area contributed by atoms with Crippen LogP contribution in [0.15, 0.2) is 47.5 Å². The predicted octanol–water partition coefficient (Wildman–Crippen LogP) is 2.11. The summed E-state index contributed by atoms with van der Waals surface area (Å²) in [6, 6.07) is 12.5. The van der Waals surface area contributed by atoms with Crippen molar-refractivity contribution in [2.45, 2.75) is 13.5 Å². The Balaban J connectivity index is 0.00000480. The second kappa shape index (κ2) is 13.3. The number of benzene rings is 2. The molecule has 2 aromatic carbocycles. The van der Waals surface area contributed by atoms with Crippen molar-refractivity contribution in [3.05, 3.63) is 53.6 Å². The van der Waals surface area contributed by atoms with Gasteiger partial charge in [-0.05, 0) is 36.8 Å². The zero-order chi connectivity index (χ0) is 21.9. The average molecular weight is 541 g/mol. The molecular formula is C21H28IN5O4. The van der Waals surface area contributed by atoms with E-state index < -0.39 is 5.91 Å². The maximum absolute atomic E-state index is 11.9. The van der Waals surface area contributed by atoms with Gasteiger partial charge in [-0.25, -0.2) is 0 Å². The molecule has 5 N–H and O–H groups in total. The Morgan fingerprint density at radius 1 is 1.06 bits per heavy atom. The highest BCUT2D eigenvalue weighted by Gasteiger charge is 2.08. The second-order valence-electron chi connectivity index (χ2n) is 6.20. The Hall–Kier alpha value is -3.02. The molecule has 168 valence electrons. The number of hydrogen-bond donors (Lipinski definition) is 4. The highest BCUT2D eigenvalue weighted by molar-refractivity contribution is 14.0. The van der Waals surface area contributed by atoms with Crippen molar-refractivity contribution in [2.24, 2.45) is 10.7 Å². The van der Waals surface area contributed by atoms with Gasteiger partial charge in [0, 0.05) is 30.9 Å². The first-order valence-corrected chi connectivity index (χ1v) is 9.40. The van der Waals surface area contributed by atoms with E-state index in [4.69, 9.17) is 15.2 Å². The Bertz CT molecular complexity index is 903. The number of anilines is 1. The van der Waals surface area contributed by atoms with Gasteiger partial charge in [0.1, 0.15) is 0 Å². The molecule has 0 aliphatic rings. The van der Waals surface area contributed by atoms with Crippen molar-refractivity contribution in [3.63, 3.8) is 0 Å². The number of halogens is 1. The lowest BCUT2D eigenvalue weighted by atomic mass is 10.1. The summed E-state index contributed by atoms with van der Waals surface area (Å²) in [4.78, 5) is 26.9. The quantitative estimate of drug-likeness (QED) is 0.219. The van der Waals surface area contributed by atoms with Gasteiger partial charge < -0.3 is 31.2 Å². The Morgan fingerprint density at radius 2 is 1.77 bits per heavy atom. The Morgan fingerprint density at radius 3 is 2.35 bits per heavy atom. The SMILES string of the molecule is CCOc1ccc(NC(=NC)NCc2ccc(C(=O)NCC(N)=O)cc2)cc1OC.I. The van der Waals surface area contributed by atoms with Gasteiger partial charge in [0.05, 0.1) is 20.3 Å². The number of guanidine groups is 1. The summed E-state index contributed by atoms with van der Waals surface area (Å²) in [6.45, 7) is 2.77. The van der Waals surface area contributed by atoms with E-state index in [0.29, 0.717) is 36.2 Å². The minimum Gasteiger partial charge on any atom is -0.493 e. The number of carbonyl (C=O) groups excluding carboxylic acids is 2. The number of primary amides is 1. The van der Waals surface area contributed by atoms with E-state index in [1.165, 1.54) is 0 Å². The minimum atomic E-state index is -0.590. The molecule has 0 bridgehead atoms. The molecule has 0 heterocycles. The van der Waals surface area contributed by atoms with E-state index in [2.05, 4.69) is 20.9 Å². The Kier molecular flexibility index (Phi) is 11.2. The van der Waals surface area contributed by atoms with E-state index in [1.807, 2.05) is 37.3 Å². The van der Waals surface area contributed by atoms with Crippen LogP contribution in [0.1, 0.15) is 22.8 Å². The zero-order valence-electron chi connectivity index (χ0n) is 17.7. The van der Waals surface area contributed by atoms with Crippen LogP contribution >= 0.6 is 24.0 Å².